The maximum atomic E-state index is 12.4. The summed E-state index contributed by atoms with van der Waals surface area (Å²) in [7, 11) is 0. The van der Waals surface area contributed by atoms with E-state index in [0.29, 0.717) is 11.0 Å². The van der Waals surface area contributed by atoms with Crippen molar-refractivity contribution < 1.29 is 14.4 Å². The lowest BCUT2D eigenvalue weighted by atomic mass is 10.1. The Bertz CT molecular complexity index is 1180. The number of hydrogen-bond donors (Lipinski definition) is 1. The Hall–Kier alpha value is -3.11. The second-order valence-electron chi connectivity index (χ2n) is 7.59. The topological polar surface area (TPSA) is 97.2 Å². The first-order chi connectivity index (χ1) is 15.9. The van der Waals surface area contributed by atoms with Crippen LogP contribution < -0.4 is 5.32 Å². The first kappa shape index (κ1) is 23.1. The smallest absolute Gasteiger partial charge is 0.288 e. The van der Waals surface area contributed by atoms with Gasteiger partial charge in [-0.3, -0.25) is 23.9 Å². The Kier molecular flexibility index (Phi) is 7.14. The van der Waals surface area contributed by atoms with Gasteiger partial charge in [0.05, 0.1) is 11.5 Å². The molecule has 3 aromatic rings. The van der Waals surface area contributed by atoms with Crippen molar-refractivity contribution in [2.45, 2.75) is 19.0 Å². The van der Waals surface area contributed by atoms with Crippen LogP contribution >= 0.6 is 23.5 Å². The number of benzene rings is 2. The standard InChI is InChI=1S/C23H23N5O3S2/c1-15-6-8-18(9-7-15)28-21(17-5-3-4-16(2)12-17)25-26-22(28)32-13-19(29)24-10-11-27-20(30)14-33-23(27)31/h3-9,12H,10-11,13-14H2,1-2H3,(H,24,29). The molecule has 0 spiro atoms. The van der Waals surface area contributed by atoms with E-state index in [1.54, 1.807) is 0 Å². The second kappa shape index (κ2) is 10.2. The fourth-order valence-corrected chi connectivity index (χ4v) is 4.88. The summed E-state index contributed by atoms with van der Waals surface area (Å²) in [6.07, 6.45) is 0. The van der Waals surface area contributed by atoms with Crippen molar-refractivity contribution in [3.05, 3.63) is 59.7 Å². The van der Waals surface area contributed by atoms with E-state index in [-0.39, 0.29) is 41.6 Å². The van der Waals surface area contributed by atoms with Gasteiger partial charge in [0.1, 0.15) is 0 Å². The number of rotatable bonds is 8. The van der Waals surface area contributed by atoms with Crippen LogP contribution in [0.25, 0.3) is 17.1 Å². The molecule has 0 atom stereocenters. The predicted octanol–water partition coefficient (Wildman–Crippen LogP) is 3.45. The van der Waals surface area contributed by atoms with E-state index in [2.05, 4.69) is 21.6 Å². The van der Waals surface area contributed by atoms with Gasteiger partial charge in [0.15, 0.2) is 11.0 Å². The minimum absolute atomic E-state index is 0.133. The van der Waals surface area contributed by atoms with E-state index in [1.165, 1.54) is 16.7 Å². The highest BCUT2D eigenvalue weighted by atomic mass is 32.2. The second-order valence-corrected chi connectivity index (χ2v) is 9.45. The molecule has 0 aliphatic carbocycles. The summed E-state index contributed by atoms with van der Waals surface area (Å²) in [4.78, 5) is 36.8. The fraction of sp³-hybridized carbons (Fsp3) is 0.261. The molecule has 1 saturated heterocycles. The lowest BCUT2D eigenvalue weighted by Gasteiger charge is -2.13. The Morgan fingerprint density at radius 2 is 1.88 bits per heavy atom. The number of hydrogen-bond acceptors (Lipinski definition) is 7. The van der Waals surface area contributed by atoms with Crippen LogP contribution in [-0.2, 0) is 9.59 Å². The number of thioether (sulfide) groups is 2. The molecule has 8 nitrogen and oxygen atoms in total. The Labute approximate surface area is 200 Å². The molecule has 4 rings (SSSR count). The van der Waals surface area contributed by atoms with Crippen molar-refractivity contribution in [3.63, 3.8) is 0 Å². The van der Waals surface area contributed by atoms with Crippen LogP contribution in [0.2, 0.25) is 0 Å². The molecule has 1 aliphatic rings. The molecule has 0 saturated carbocycles. The minimum atomic E-state index is -0.265. The number of carbonyl (C=O) groups excluding carboxylic acids is 3. The maximum absolute atomic E-state index is 12.4. The van der Waals surface area contributed by atoms with E-state index < -0.39 is 0 Å². The van der Waals surface area contributed by atoms with Crippen molar-refractivity contribution in [1.82, 2.24) is 25.0 Å². The Morgan fingerprint density at radius 3 is 2.58 bits per heavy atom. The first-order valence-electron chi connectivity index (χ1n) is 10.4. The predicted molar refractivity (Wildman–Crippen MR) is 130 cm³/mol. The van der Waals surface area contributed by atoms with Gasteiger partial charge in [0, 0.05) is 24.3 Å². The van der Waals surface area contributed by atoms with E-state index in [9.17, 15) is 14.4 Å². The summed E-state index contributed by atoms with van der Waals surface area (Å²) in [6, 6.07) is 16.1. The third kappa shape index (κ3) is 5.45. The highest BCUT2D eigenvalue weighted by molar-refractivity contribution is 8.14. The molecule has 1 aliphatic heterocycles. The lowest BCUT2D eigenvalue weighted by molar-refractivity contribution is -0.125. The van der Waals surface area contributed by atoms with Gasteiger partial charge in [0.2, 0.25) is 11.8 Å². The number of carbonyl (C=O) groups is 3. The number of nitrogens with one attached hydrogen (secondary N) is 1. The zero-order chi connectivity index (χ0) is 23.4. The Morgan fingerprint density at radius 1 is 1.09 bits per heavy atom. The van der Waals surface area contributed by atoms with Crippen molar-refractivity contribution in [1.29, 1.82) is 0 Å². The zero-order valence-electron chi connectivity index (χ0n) is 18.3. The molecule has 1 N–H and O–H groups in total. The highest BCUT2D eigenvalue weighted by Crippen LogP contribution is 2.28. The van der Waals surface area contributed by atoms with Crippen molar-refractivity contribution in [2.75, 3.05) is 24.6 Å². The molecule has 0 radical (unpaired) electrons. The number of amides is 3. The molecular weight excluding hydrogens is 458 g/mol. The summed E-state index contributed by atoms with van der Waals surface area (Å²) in [5, 5.41) is 11.9. The van der Waals surface area contributed by atoms with Gasteiger partial charge in [0.25, 0.3) is 5.24 Å². The van der Waals surface area contributed by atoms with Crippen LogP contribution in [0.4, 0.5) is 4.79 Å². The van der Waals surface area contributed by atoms with Gasteiger partial charge in [-0.25, -0.2) is 0 Å². The quantitative estimate of drug-likeness (QED) is 0.492. The molecule has 1 aromatic heterocycles. The van der Waals surface area contributed by atoms with Gasteiger partial charge in [-0.15, -0.1) is 10.2 Å². The van der Waals surface area contributed by atoms with Crippen LogP contribution in [0.5, 0.6) is 0 Å². The van der Waals surface area contributed by atoms with Crippen LogP contribution in [0.3, 0.4) is 0 Å². The summed E-state index contributed by atoms with van der Waals surface area (Å²) >= 11 is 2.27. The van der Waals surface area contributed by atoms with Crippen molar-refractivity contribution in [2.24, 2.45) is 0 Å². The van der Waals surface area contributed by atoms with Gasteiger partial charge in [-0.05, 0) is 32.0 Å². The largest absolute Gasteiger partial charge is 0.354 e. The van der Waals surface area contributed by atoms with Gasteiger partial charge >= 0.3 is 0 Å². The summed E-state index contributed by atoms with van der Waals surface area (Å²) < 4.78 is 1.95. The van der Waals surface area contributed by atoms with Crippen LogP contribution in [-0.4, -0.2) is 61.3 Å². The van der Waals surface area contributed by atoms with Crippen LogP contribution in [0.1, 0.15) is 11.1 Å². The summed E-state index contributed by atoms with van der Waals surface area (Å²) in [5.74, 6) is 0.578. The molecule has 0 bridgehead atoms. The molecule has 10 heteroatoms. The molecular formula is C23H23N5O3S2. The molecule has 1 fully saturated rings. The maximum Gasteiger partial charge on any atom is 0.288 e. The molecule has 170 valence electrons. The number of nitrogens with zero attached hydrogens (tertiary/aromatic N) is 4. The Balaban J connectivity index is 1.47. The third-order valence-corrected chi connectivity index (χ3v) is 6.82. The van der Waals surface area contributed by atoms with Crippen LogP contribution in [0, 0.1) is 13.8 Å². The summed E-state index contributed by atoms with van der Waals surface area (Å²) in [5.41, 5.74) is 4.12. The van der Waals surface area contributed by atoms with Gasteiger partial charge in [-0.1, -0.05) is 65.0 Å². The number of aromatic nitrogens is 3. The molecule has 2 aromatic carbocycles. The number of imide groups is 1. The third-order valence-electron chi connectivity index (χ3n) is 5.03. The highest BCUT2D eigenvalue weighted by Gasteiger charge is 2.29. The SMILES string of the molecule is Cc1ccc(-n2c(SCC(=O)NCCN3C(=O)CSC3=O)nnc2-c2cccc(C)c2)cc1. The molecule has 2 heterocycles. The molecule has 33 heavy (non-hydrogen) atoms. The average molecular weight is 482 g/mol. The normalized spacial score (nSPS) is 13.6. The van der Waals surface area contributed by atoms with E-state index >= 15 is 0 Å². The van der Waals surface area contributed by atoms with Crippen molar-refractivity contribution in [3.8, 4) is 17.1 Å². The van der Waals surface area contributed by atoms with Crippen molar-refractivity contribution >= 4 is 40.6 Å². The average Bonchev–Trinajstić information content (AvgIpc) is 3.36. The fourth-order valence-electron chi connectivity index (χ4n) is 3.35. The van der Waals surface area contributed by atoms with Gasteiger partial charge in [-0.2, -0.15) is 0 Å². The number of aryl methyl sites for hydroxylation is 2. The minimum Gasteiger partial charge on any atom is -0.354 e. The monoisotopic (exact) mass is 481 g/mol. The van der Waals surface area contributed by atoms with E-state index in [0.717, 1.165) is 34.1 Å². The zero-order valence-corrected chi connectivity index (χ0v) is 19.9. The molecule has 0 unspecified atom stereocenters. The van der Waals surface area contributed by atoms with E-state index in [4.69, 9.17) is 0 Å². The summed E-state index contributed by atoms with van der Waals surface area (Å²) in [6.45, 7) is 4.45. The lowest BCUT2D eigenvalue weighted by Crippen LogP contribution is -2.38. The van der Waals surface area contributed by atoms with Gasteiger partial charge < -0.3 is 5.32 Å². The first-order valence-corrected chi connectivity index (χ1v) is 12.4. The van der Waals surface area contributed by atoms with Crippen LogP contribution in [0.15, 0.2) is 53.7 Å². The molecule has 3 amide bonds. The van der Waals surface area contributed by atoms with E-state index in [1.807, 2.05) is 60.9 Å².